The summed E-state index contributed by atoms with van der Waals surface area (Å²) in [4.78, 5) is 37.3. The third-order valence-electron chi connectivity index (χ3n) is 4.69. The fraction of sp³-hybridized carbons (Fsp3) is 0.643. The van der Waals surface area contributed by atoms with Gasteiger partial charge >= 0.3 is 0 Å². The van der Waals surface area contributed by atoms with Gasteiger partial charge in [-0.1, -0.05) is 12.2 Å². The Morgan fingerprint density at radius 2 is 1.74 bits per heavy atom. The molecule has 1 saturated heterocycles. The maximum absolute atomic E-state index is 12.4. The number of carbonyl (C=O) groups is 3. The second kappa shape index (κ2) is 4.47. The maximum atomic E-state index is 12.4. The number of hydrogen-bond donors (Lipinski definition) is 1. The standard InChI is InChI=1S/C14H18N2O3/c1-15-10(17)6-7-16-13(18)11-8-2-3-9(5-4-8)12(11)14(16)19/h2-3,8-9,11-12H,4-7H2,1H3,(H,15,17)/t8-,9-,11-,12-/m0/s1. The van der Waals surface area contributed by atoms with E-state index in [-0.39, 0.29) is 54.4 Å². The first-order chi connectivity index (χ1) is 9.13. The number of allylic oxidation sites excluding steroid dienone is 2. The molecule has 19 heavy (non-hydrogen) atoms. The number of imide groups is 1. The molecule has 5 heteroatoms. The van der Waals surface area contributed by atoms with Gasteiger partial charge in [-0.3, -0.25) is 19.3 Å². The minimum atomic E-state index is -0.166. The summed E-state index contributed by atoms with van der Waals surface area (Å²) in [6, 6.07) is 0. The van der Waals surface area contributed by atoms with Crippen LogP contribution in [0, 0.1) is 23.7 Å². The molecule has 5 nitrogen and oxygen atoms in total. The normalized spacial score (nSPS) is 35.7. The van der Waals surface area contributed by atoms with E-state index in [2.05, 4.69) is 17.5 Å². The third kappa shape index (κ3) is 1.79. The topological polar surface area (TPSA) is 66.5 Å². The van der Waals surface area contributed by atoms with Gasteiger partial charge < -0.3 is 5.32 Å². The molecule has 1 heterocycles. The summed E-state index contributed by atoms with van der Waals surface area (Å²) in [5.74, 6) is -0.178. The average molecular weight is 262 g/mol. The van der Waals surface area contributed by atoms with Crippen LogP contribution < -0.4 is 5.32 Å². The number of hydrogen-bond acceptors (Lipinski definition) is 3. The van der Waals surface area contributed by atoms with Gasteiger partial charge in [-0.25, -0.2) is 0 Å². The first kappa shape index (κ1) is 12.4. The molecule has 0 aromatic rings. The predicted molar refractivity (Wildman–Crippen MR) is 67.7 cm³/mol. The molecule has 0 aromatic heterocycles. The SMILES string of the molecule is CNC(=O)CCN1C(=O)[C@@H]2[C@@H](C1=O)[C@H]1C=C[C@H]2CC1. The van der Waals surface area contributed by atoms with E-state index >= 15 is 0 Å². The van der Waals surface area contributed by atoms with Crippen LogP contribution in [0.25, 0.3) is 0 Å². The summed E-state index contributed by atoms with van der Waals surface area (Å²) < 4.78 is 0. The van der Waals surface area contributed by atoms with Crippen LogP contribution in [-0.4, -0.2) is 36.2 Å². The van der Waals surface area contributed by atoms with E-state index in [4.69, 9.17) is 0 Å². The van der Waals surface area contributed by atoms with Crippen LogP contribution in [0.5, 0.6) is 0 Å². The molecular weight excluding hydrogens is 244 g/mol. The number of amides is 3. The second-order valence-electron chi connectivity index (χ2n) is 5.59. The van der Waals surface area contributed by atoms with Crippen LogP contribution >= 0.6 is 0 Å². The fourth-order valence-electron chi connectivity index (χ4n) is 3.69. The highest BCUT2D eigenvalue weighted by Crippen LogP contribution is 2.49. The zero-order chi connectivity index (χ0) is 13.6. The molecule has 0 radical (unpaired) electrons. The molecule has 2 fully saturated rings. The molecule has 1 saturated carbocycles. The Balaban J connectivity index is 1.77. The van der Waals surface area contributed by atoms with E-state index in [1.165, 1.54) is 4.90 Å². The molecule has 2 bridgehead atoms. The second-order valence-corrected chi connectivity index (χ2v) is 5.59. The number of fused-ring (bicyclic) bond motifs is 1. The summed E-state index contributed by atoms with van der Waals surface area (Å²) in [7, 11) is 1.56. The van der Waals surface area contributed by atoms with Crippen LogP contribution in [0.15, 0.2) is 12.2 Å². The van der Waals surface area contributed by atoms with E-state index < -0.39 is 0 Å². The van der Waals surface area contributed by atoms with Crippen LogP contribution in [-0.2, 0) is 14.4 Å². The number of nitrogens with zero attached hydrogens (tertiary/aromatic N) is 1. The monoisotopic (exact) mass is 262 g/mol. The van der Waals surface area contributed by atoms with Crippen molar-refractivity contribution >= 4 is 17.7 Å². The van der Waals surface area contributed by atoms with E-state index in [9.17, 15) is 14.4 Å². The van der Waals surface area contributed by atoms with Gasteiger partial charge in [0.05, 0.1) is 11.8 Å². The van der Waals surface area contributed by atoms with Crippen LogP contribution in [0.2, 0.25) is 0 Å². The van der Waals surface area contributed by atoms with E-state index in [1.807, 2.05) is 0 Å². The highest BCUT2D eigenvalue weighted by atomic mass is 16.2. The molecule has 102 valence electrons. The van der Waals surface area contributed by atoms with Crippen molar-refractivity contribution in [2.75, 3.05) is 13.6 Å². The molecule has 4 atom stereocenters. The number of likely N-dealkylation sites (tertiary alicyclic amines) is 1. The number of carbonyl (C=O) groups excluding carboxylic acids is 3. The zero-order valence-corrected chi connectivity index (χ0v) is 11.0. The van der Waals surface area contributed by atoms with Gasteiger partial charge in [0, 0.05) is 20.0 Å². The van der Waals surface area contributed by atoms with Gasteiger partial charge in [-0.2, -0.15) is 0 Å². The van der Waals surface area contributed by atoms with Crippen molar-refractivity contribution < 1.29 is 14.4 Å². The van der Waals surface area contributed by atoms with Crippen LogP contribution in [0.1, 0.15) is 19.3 Å². The van der Waals surface area contributed by atoms with Crippen molar-refractivity contribution in [2.45, 2.75) is 19.3 Å². The maximum Gasteiger partial charge on any atom is 0.233 e. The Labute approximate surface area is 112 Å². The predicted octanol–water partition coefficient (Wildman–Crippen LogP) is 0.320. The highest BCUT2D eigenvalue weighted by molar-refractivity contribution is 6.06. The summed E-state index contributed by atoms with van der Waals surface area (Å²) >= 11 is 0. The van der Waals surface area contributed by atoms with Crippen LogP contribution in [0.4, 0.5) is 0 Å². The molecule has 0 unspecified atom stereocenters. The third-order valence-corrected chi connectivity index (χ3v) is 4.69. The fourth-order valence-corrected chi connectivity index (χ4v) is 3.69. The van der Waals surface area contributed by atoms with Crippen molar-refractivity contribution in [2.24, 2.45) is 23.7 Å². The lowest BCUT2D eigenvalue weighted by atomic mass is 9.63. The van der Waals surface area contributed by atoms with Gasteiger partial charge in [-0.15, -0.1) is 0 Å². The van der Waals surface area contributed by atoms with Gasteiger partial charge in [0.1, 0.15) is 0 Å². The van der Waals surface area contributed by atoms with Crippen molar-refractivity contribution in [3.05, 3.63) is 12.2 Å². The lowest BCUT2D eigenvalue weighted by Crippen LogP contribution is -2.38. The summed E-state index contributed by atoms with van der Waals surface area (Å²) in [6.07, 6.45) is 6.40. The lowest BCUT2D eigenvalue weighted by molar-refractivity contribution is -0.140. The minimum Gasteiger partial charge on any atom is -0.359 e. The summed E-state index contributed by atoms with van der Waals surface area (Å²) in [5, 5.41) is 2.51. The van der Waals surface area contributed by atoms with Gasteiger partial charge in [0.15, 0.2) is 0 Å². The smallest absolute Gasteiger partial charge is 0.233 e. The quantitative estimate of drug-likeness (QED) is 0.588. The summed E-state index contributed by atoms with van der Waals surface area (Å²) in [5.41, 5.74) is 0. The minimum absolute atomic E-state index is 0.0713. The molecule has 4 rings (SSSR count). The van der Waals surface area contributed by atoms with E-state index in [1.54, 1.807) is 7.05 Å². The molecule has 1 aliphatic heterocycles. The Morgan fingerprint density at radius 1 is 1.21 bits per heavy atom. The number of rotatable bonds is 3. The van der Waals surface area contributed by atoms with Gasteiger partial charge in [0.2, 0.25) is 17.7 Å². The van der Waals surface area contributed by atoms with Crippen molar-refractivity contribution in [1.29, 1.82) is 0 Å². The Kier molecular flexibility index (Phi) is 2.92. The average Bonchev–Trinajstić information content (AvgIpc) is 2.72. The van der Waals surface area contributed by atoms with Gasteiger partial charge in [-0.05, 0) is 24.7 Å². The largest absolute Gasteiger partial charge is 0.359 e. The lowest BCUT2D eigenvalue weighted by Gasteiger charge is -2.38. The Morgan fingerprint density at radius 3 is 2.16 bits per heavy atom. The first-order valence-electron chi connectivity index (χ1n) is 6.87. The Hall–Kier alpha value is -1.65. The van der Waals surface area contributed by atoms with Crippen molar-refractivity contribution in [3.63, 3.8) is 0 Å². The van der Waals surface area contributed by atoms with Gasteiger partial charge in [0.25, 0.3) is 0 Å². The highest BCUT2D eigenvalue weighted by Gasteiger charge is 2.56. The van der Waals surface area contributed by atoms with E-state index in [0.29, 0.717) is 0 Å². The molecule has 0 spiro atoms. The van der Waals surface area contributed by atoms with Crippen molar-refractivity contribution in [3.8, 4) is 0 Å². The van der Waals surface area contributed by atoms with E-state index in [0.717, 1.165) is 12.8 Å². The molecule has 1 N–H and O–H groups in total. The summed E-state index contributed by atoms with van der Waals surface area (Å²) in [6.45, 7) is 0.212. The molecule has 4 aliphatic rings. The molecule has 3 aliphatic carbocycles. The molecular formula is C14H18N2O3. The van der Waals surface area contributed by atoms with Crippen molar-refractivity contribution in [1.82, 2.24) is 10.2 Å². The number of nitrogens with one attached hydrogen (secondary N) is 1. The zero-order valence-electron chi connectivity index (χ0n) is 11.0. The first-order valence-corrected chi connectivity index (χ1v) is 6.87. The molecule has 3 amide bonds. The Bertz CT molecular complexity index is 439. The molecule has 0 aromatic carbocycles. The van der Waals surface area contributed by atoms with Crippen LogP contribution in [0.3, 0.4) is 0 Å².